The van der Waals surface area contributed by atoms with Crippen molar-refractivity contribution in [1.29, 1.82) is 0 Å². The number of nitrogens with one attached hydrogen (secondary N) is 2. The van der Waals surface area contributed by atoms with E-state index in [1.807, 2.05) is 56.6 Å². The molecular weight excluding hydrogens is 853 g/mol. The molecule has 0 unspecified atom stereocenters. The smallest absolute Gasteiger partial charge is 0.276 e. The van der Waals surface area contributed by atoms with Crippen LogP contribution in [-0.4, -0.2) is 95.8 Å². The molecule has 21 heteroatoms. The fraction of sp³-hybridized carbons (Fsp3) is 0.295. The molecule has 0 bridgehead atoms. The third-order valence-electron chi connectivity index (χ3n) is 9.63. The molecule has 0 saturated heterocycles. The number of aldehydes is 2. The maximum Gasteiger partial charge on any atom is 0.276 e. The molecule has 65 heavy (non-hydrogen) atoms. The number of thiazole rings is 1. The highest BCUT2D eigenvalue weighted by Gasteiger charge is 2.21. The van der Waals surface area contributed by atoms with Crippen molar-refractivity contribution in [3.05, 3.63) is 105 Å². The number of carbonyl (C=O) groups is 4. The Morgan fingerprint density at radius 1 is 0.862 bits per heavy atom. The van der Waals surface area contributed by atoms with Gasteiger partial charge >= 0.3 is 0 Å². The van der Waals surface area contributed by atoms with Crippen molar-refractivity contribution in [2.45, 2.75) is 60.3 Å². The molecule has 8 N–H and O–H groups in total. The predicted molar refractivity (Wildman–Crippen MR) is 252 cm³/mol. The van der Waals surface area contributed by atoms with Crippen LogP contribution in [0.2, 0.25) is 0 Å². The van der Waals surface area contributed by atoms with Crippen molar-refractivity contribution in [2.24, 2.45) is 11.5 Å². The van der Waals surface area contributed by atoms with Crippen molar-refractivity contribution in [2.75, 3.05) is 44.2 Å². The molecule has 0 saturated carbocycles. The first-order valence-corrected chi connectivity index (χ1v) is 21.3. The summed E-state index contributed by atoms with van der Waals surface area (Å²) in [6.07, 6.45) is 13.3. The Hall–Kier alpha value is -7.65. The zero-order chi connectivity index (χ0) is 47.2. The van der Waals surface area contributed by atoms with Crippen molar-refractivity contribution < 1.29 is 28.7 Å². The largest absolute Gasteiger partial charge is 0.494 e. The molecule has 5 aromatic heterocycles. The number of nitrogen functional groups attached to an aromatic ring is 1. The van der Waals surface area contributed by atoms with Crippen LogP contribution in [0.4, 0.5) is 17.6 Å². The minimum absolute atomic E-state index is 0.207. The summed E-state index contributed by atoms with van der Waals surface area (Å²) in [5.41, 5.74) is 21.4. The van der Waals surface area contributed by atoms with Crippen LogP contribution in [-0.2, 0) is 32.6 Å². The number of nitrogens with zero attached hydrogens (tertiary/aromatic N) is 9. The highest BCUT2D eigenvalue weighted by Crippen LogP contribution is 2.32. The van der Waals surface area contributed by atoms with E-state index in [-0.39, 0.29) is 30.6 Å². The Labute approximate surface area is 379 Å². The van der Waals surface area contributed by atoms with Crippen LogP contribution >= 0.6 is 11.3 Å². The van der Waals surface area contributed by atoms with Crippen LogP contribution in [0.1, 0.15) is 71.1 Å². The molecule has 0 atom stereocenters. The van der Waals surface area contributed by atoms with Crippen LogP contribution in [0.25, 0.3) is 22.1 Å². The maximum absolute atomic E-state index is 13.5. The Morgan fingerprint density at radius 2 is 1.54 bits per heavy atom. The molecule has 0 aliphatic heterocycles. The van der Waals surface area contributed by atoms with Gasteiger partial charge in [0, 0.05) is 44.0 Å². The van der Waals surface area contributed by atoms with Crippen LogP contribution in [0.15, 0.2) is 67.0 Å². The van der Waals surface area contributed by atoms with E-state index >= 15 is 0 Å². The van der Waals surface area contributed by atoms with Crippen LogP contribution in [0, 0.1) is 13.8 Å². The Morgan fingerprint density at radius 3 is 2.14 bits per heavy atom. The summed E-state index contributed by atoms with van der Waals surface area (Å²) in [7, 11) is 4.76. The lowest BCUT2D eigenvalue weighted by Gasteiger charge is -2.12. The van der Waals surface area contributed by atoms with E-state index < -0.39 is 5.91 Å². The molecule has 20 nitrogen and oxygen atoms in total. The monoisotopic (exact) mass is 906 g/mol. The van der Waals surface area contributed by atoms with Gasteiger partial charge in [0.2, 0.25) is 17.8 Å². The van der Waals surface area contributed by atoms with E-state index in [4.69, 9.17) is 25.9 Å². The summed E-state index contributed by atoms with van der Waals surface area (Å²) < 4.78 is 18.9. The molecule has 2 amide bonds. The van der Waals surface area contributed by atoms with Crippen molar-refractivity contribution >= 4 is 75.4 Å². The average Bonchev–Trinajstić information content (AvgIpc) is 4.15. The lowest BCUT2D eigenvalue weighted by molar-refractivity contribution is 0.0995. The Kier molecular flexibility index (Phi) is 16.8. The zero-order valence-corrected chi connectivity index (χ0v) is 38.2. The SMILES string of the molecule is CCc1nc(C)sc1C=O.CCn1nc(C)cc1C(=O)Nc1nc2cc(C=O)cc(OC)c2n1C/C=C/Cn1c(NC)nc2cc(C(N)=O)cc(OC/C=C/Cn3cc(N)cn3)c21.CN. The number of carbonyl (C=O) groups excluding carboxylic acids is 4. The van der Waals surface area contributed by atoms with Gasteiger partial charge in [0.05, 0.1) is 57.8 Å². The van der Waals surface area contributed by atoms with Gasteiger partial charge in [-0.1, -0.05) is 25.2 Å². The summed E-state index contributed by atoms with van der Waals surface area (Å²) in [5.74, 6) is 0.664. The van der Waals surface area contributed by atoms with E-state index in [2.05, 4.69) is 36.5 Å². The first-order valence-electron chi connectivity index (χ1n) is 20.5. The first kappa shape index (κ1) is 48.4. The number of nitrogens with two attached hydrogens (primary N) is 3. The highest BCUT2D eigenvalue weighted by atomic mass is 32.1. The standard InChI is InChI=1S/C36H40N12O5.C7H9NOS.CH5N/c1-5-48-28(14-22(2)44-48)34(51)43-36-42-26-15-23(21-49)16-29(52-4)31(26)47(36)12-7-6-11-46-32-27(41-35(46)39-3)17-24(33(38)50)18-30(32)53-13-9-8-10-45-20-25(37)19-40-45;1-3-6-7(4-9)10-5(2)8-6;1-2/h6-9,14-21H,5,10-13,37H2,1-4H3,(H2,38,50)(H,39,41)(H,42,43,51);4H,3H2,1-2H3;2H2,1H3/b7-6+,9-8+;;. The number of aryl methyl sites for hydroxylation is 4. The van der Waals surface area contributed by atoms with E-state index in [0.29, 0.717) is 81.8 Å². The number of aromatic nitrogens is 9. The minimum Gasteiger partial charge on any atom is -0.494 e. The van der Waals surface area contributed by atoms with Gasteiger partial charge in [-0.05, 0) is 70.6 Å². The number of benzene rings is 2. The number of rotatable bonds is 18. The lowest BCUT2D eigenvalue weighted by Crippen LogP contribution is -2.20. The van der Waals surface area contributed by atoms with Gasteiger partial charge in [0.1, 0.15) is 41.1 Å². The average molecular weight is 907 g/mol. The number of allylic oxidation sites excluding steroid dienone is 3. The minimum atomic E-state index is -0.607. The molecule has 0 aliphatic rings. The summed E-state index contributed by atoms with van der Waals surface area (Å²) in [6.45, 7) is 9.50. The first-order chi connectivity index (χ1) is 31.4. The van der Waals surface area contributed by atoms with Crippen LogP contribution < -0.4 is 37.3 Å². The van der Waals surface area contributed by atoms with E-state index in [9.17, 15) is 19.2 Å². The third-order valence-corrected chi connectivity index (χ3v) is 10.6. The molecule has 7 aromatic rings. The molecule has 342 valence electrons. The number of hydrogen-bond donors (Lipinski definition) is 5. The summed E-state index contributed by atoms with van der Waals surface area (Å²) >= 11 is 1.46. The quantitative estimate of drug-likeness (QED) is 0.0548. The number of methoxy groups -OCH3 is 1. The second kappa shape index (κ2) is 22.6. The van der Waals surface area contributed by atoms with Crippen molar-refractivity contribution in [1.82, 2.24) is 43.6 Å². The van der Waals surface area contributed by atoms with E-state index in [1.54, 1.807) is 63.7 Å². The predicted octanol–water partition coefficient (Wildman–Crippen LogP) is 5.20. The van der Waals surface area contributed by atoms with Gasteiger partial charge in [0.15, 0.2) is 6.29 Å². The second-order valence-corrected chi connectivity index (χ2v) is 15.2. The number of anilines is 3. The van der Waals surface area contributed by atoms with Crippen LogP contribution in [0.3, 0.4) is 0 Å². The third kappa shape index (κ3) is 11.5. The number of fused-ring (bicyclic) bond motifs is 2. The number of primary amides is 1. The number of imidazole rings is 2. The molecule has 0 spiro atoms. The van der Waals surface area contributed by atoms with Crippen molar-refractivity contribution in [3.63, 3.8) is 0 Å². The van der Waals surface area contributed by atoms with E-state index in [1.165, 1.54) is 25.5 Å². The van der Waals surface area contributed by atoms with Gasteiger partial charge < -0.3 is 41.1 Å². The van der Waals surface area contributed by atoms with Crippen molar-refractivity contribution in [3.8, 4) is 11.5 Å². The number of hydrogen-bond acceptors (Lipinski definition) is 15. The van der Waals surface area contributed by atoms with E-state index in [0.717, 1.165) is 34.6 Å². The fourth-order valence-corrected chi connectivity index (χ4v) is 7.62. The highest BCUT2D eigenvalue weighted by molar-refractivity contribution is 7.13. The number of amides is 2. The van der Waals surface area contributed by atoms with Gasteiger partial charge in [-0.15, -0.1) is 11.3 Å². The van der Waals surface area contributed by atoms with Crippen LogP contribution in [0.5, 0.6) is 11.5 Å². The summed E-state index contributed by atoms with van der Waals surface area (Å²) in [6, 6.07) is 8.21. The zero-order valence-electron chi connectivity index (χ0n) is 37.4. The second-order valence-electron chi connectivity index (χ2n) is 14.0. The summed E-state index contributed by atoms with van der Waals surface area (Å²) in [4.78, 5) is 62.1. The maximum atomic E-state index is 13.5. The summed E-state index contributed by atoms with van der Waals surface area (Å²) in [5, 5.41) is 15.6. The molecule has 0 radical (unpaired) electrons. The van der Waals surface area contributed by atoms with Gasteiger partial charge in [-0.2, -0.15) is 10.2 Å². The fourth-order valence-electron chi connectivity index (χ4n) is 6.79. The van der Waals surface area contributed by atoms with Gasteiger partial charge in [-0.25, -0.2) is 15.0 Å². The number of ether oxygens (including phenoxy) is 2. The molecule has 7 rings (SSSR count). The lowest BCUT2D eigenvalue weighted by atomic mass is 10.1. The normalized spacial score (nSPS) is 11.1. The molecular formula is C44H54N14O6S. The van der Waals surface area contributed by atoms with Gasteiger partial charge in [-0.3, -0.25) is 33.9 Å². The Bertz CT molecular complexity index is 2850. The van der Waals surface area contributed by atoms with Gasteiger partial charge in [0.25, 0.3) is 5.91 Å². The molecule has 0 fully saturated rings. The Balaban J connectivity index is 0.000000579. The topological polar surface area (TPSA) is 273 Å². The molecule has 2 aromatic carbocycles. The molecule has 0 aliphatic carbocycles. The molecule has 5 heterocycles.